The summed E-state index contributed by atoms with van der Waals surface area (Å²) < 4.78 is 77.5. The third-order valence-electron chi connectivity index (χ3n) is 3.83. The third kappa shape index (κ3) is 3.68. The molecule has 0 atom stereocenters. The fourth-order valence-electron chi connectivity index (χ4n) is 2.44. The zero-order chi connectivity index (χ0) is 22.2. The van der Waals surface area contributed by atoms with Gasteiger partial charge in [0.05, 0.1) is 11.9 Å². The number of halogens is 5. The number of benzene rings is 1. The highest BCUT2D eigenvalue weighted by Gasteiger charge is 2.27. The first-order valence-corrected chi connectivity index (χ1v) is 7.97. The van der Waals surface area contributed by atoms with Gasteiger partial charge in [0.15, 0.2) is 11.5 Å². The van der Waals surface area contributed by atoms with Crippen molar-refractivity contribution in [3.63, 3.8) is 0 Å². The van der Waals surface area contributed by atoms with Gasteiger partial charge in [-0.2, -0.15) is 13.9 Å². The summed E-state index contributed by atoms with van der Waals surface area (Å²) in [5.74, 6) is -14.6. The molecule has 13 heteroatoms. The second-order valence-electron chi connectivity index (χ2n) is 5.80. The molecule has 158 valence electrons. The van der Waals surface area contributed by atoms with Gasteiger partial charge >= 0.3 is 0 Å². The standard InChI is InChI=1S/C17H11F5N4O4/c1-26-14(16(23)27)7(4-24-26)25-17(28)8-3-2-6(30-8)5-29-15-12(21)10(19)9(18)11(20)13(15)22/h2-4H,5H2,1H3,(H2,23,27)(H,25,28). The van der Waals surface area contributed by atoms with E-state index in [9.17, 15) is 31.5 Å². The molecule has 0 aliphatic heterocycles. The minimum atomic E-state index is -2.32. The predicted molar refractivity (Wildman–Crippen MR) is 89.0 cm³/mol. The number of furan rings is 1. The van der Waals surface area contributed by atoms with E-state index in [1.54, 1.807) is 0 Å². The van der Waals surface area contributed by atoms with E-state index in [1.165, 1.54) is 19.3 Å². The van der Waals surface area contributed by atoms with Gasteiger partial charge in [-0.05, 0) is 12.1 Å². The Bertz CT molecular complexity index is 1130. The molecule has 0 aliphatic carbocycles. The Morgan fingerprint density at radius 3 is 2.30 bits per heavy atom. The van der Waals surface area contributed by atoms with Crippen molar-refractivity contribution in [2.24, 2.45) is 12.8 Å². The minimum Gasteiger partial charge on any atom is -0.479 e. The number of hydrogen-bond acceptors (Lipinski definition) is 5. The number of carbonyl (C=O) groups is 2. The van der Waals surface area contributed by atoms with E-state index < -0.39 is 53.3 Å². The molecule has 3 aromatic rings. The lowest BCUT2D eigenvalue weighted by atomic mass is 10.2. The molecule has 8 nitrogen and oxygen atoms in total. The minimum absolute atomic E-state index is 0.00519. The quantitative estimate of drug-likeness (QED) is 0.355. The molecule has 0 spiro atoms. The highest BCUT2D eigenvalue weighted by atomic mass is 19.2. The smallest absolute Gasteiger partial charge is 0.291 e. The van der Waals surface area contributed by atoms with E-state index in [4.69, 9.17) is 10.2 Å². The molecule has 0 bridgehead atoms. The van der Waals surface area contributed by atoms with Crippen LogP contribution in [0.3, 0.4) is 0 Å². The van der Waals surface area contributed by atoms with Crippen molar-refractivity contribution < 1.29 is 40.7 Å². The van der Waals surface area contributed by atoms with Gasteiger partial charge in [0.1, 0.15) is 18.1 Å². The Morgan fingerprint density at radius 1 is 1.10 bits per heavy atom. The van der Waals surface area contributed by atoms with E-state index >= 15 is 0 Å². The van der Waals surface area contributed by atoms with Crippen LogP contribution in [0.25, 0.3) is 0 Å². The highest BCUT2D eigenvalue weighted by molar-refractivity contribution is 6.06. The number of primary amides is 1. The largest absolute Gasteiger partial charge is 0.479 e. The van der Waals surface area contributed by atoms with Gasteiger partial charge in [-0.3, -0.25) is 14.3 Å². The number of amides is 2. The summed E-state index contributed by atoms with van der Waals surface area (Å²) in [5.41, 5.74) is 5.13. The van der Waals surface area contributed by atoms with Gasteiger partial charge < -0.3 is 20.2 Å². The lowest BCUT2D eigenvalue weighted by Crippen LogP contribution is -2.20. The Kier molecular flexibility index (Phi) is 5.45. The van der Waals surface area contributed by atoms with Crippen molar-refractivity contribution in [3.05, 3.63) is 64.6 Å². The number of aryl methyl sites for hydroxylation is 1. The van der Waals surface area contributed by atoms with Crippen molar-refractivity contribution in [1.82, 2.24) is 9.78 Å². The van der Waals surface area contributed by atoms with Crippen LogP contribution in [-0.4, -0.2) is 21.6 Å². The summed E-state index contributed by atoms with van der Waals surface area (Å²) in [6.45, 7) is -0.745. The molecule has 2 amide bonds. The SMILES string of the molecule is Cn1ncc(NC(=O)c2ccc(COc3c(F)c(F)c(F)c(F)c3F)o2)c1C(N)=O. The number of carbonyl (C=O) groups excluding carboxylic acids is 2. The van der Waals surface area contributed by atoms with Crippen LogP contribution in [-0.2, 0) is 13.7 Å². The van der Waals surface area contributed by atoms with E-state index in [-0.39, 0.29) is 22.9 Å². The van der Waals surface area contributed by atoms with Gasteiger partial charge in [-0.1, -0.05) is 0 Å². The number of anilines is 1. The molecular formula is C17H11F5N4O4. The highest BCUT2D eigenvalue weighted by Crippen LogP contribution is 2.30. The zero-order valence-corrected chi connectivity index (χ0v) is 14.9. The van der Waals surface area contributed by atoms with Crippen molar-refractivity contribution in [2.45, 2.75) is 6.61 Å². The van der Waals surface area contributed by atoms with Crippen LogP contribution < -0.4 is 15.8 Å². The van der Waals surface area contributed by atoms with E-state index in [0.29, 0.717) is 0 Å². The predicted octanol–water partition coefficient (Wildman–Crippen LogP) is 2.64. The molecular weight excluding hydrogens is 419 g/mol. The average Bonchev–Trinajstić information content (AvgIpc) is 3.31. The summed E-state index contributed by atoms with van der Waals surface area (Å²) in [5, 5.41) is 6.12. The molecule has 0 aliphatic rings. The monoisotopic (exact) mass is 430 g/mol. The fourth-order valence-corrected chi connectivity index (χ4v) is 2.44. The Morgan fingerprint density at radius 2 is 1.70 bits per heavy atom. The summed E-state index contributed by atoms with van der Waals surface area (Å²) >= 11 is 0. The molecule has 3 rings (SSSR count). The van der Waals surface area contributed by atoms with Crippen LogP contribution in [0.15, 0.2) is 22.7 Å². The first-order chi connectivity index (χ1) is 14.1. The number of aromatic nitrogens is 2. The maximum atomic E-state index is 13.6. The molecule has 2 heterocycles. The maximum Gasteiger partial charge on any atom is 0.291 e. The lowest BCUT2D eigenvalue weighted by Gasteiger charge is -2.09. The van der Waals surface area contributed by atoms with Crippen LogP contribution in [0.5, 0.6) is 5.75 Å². The third-order valence-corrected chi connectivity index (χ3v) is 3.83. The summed E-state index contributed by atoms with van der Waals surface area (Å²) in [7, 11) is 1.43. The van der Waals surface area contributed by atoms with Crippen LogP contribution in [0.2, 0.25) is 0 Å². The fraction of sp³-hybridized carbons (Fsp3) is 0.118. The Balaban J connectivity index is 1.74. The number of rotatable bonds is 6. The number of nitrogens with two attached hydrogens (primary N) is 1. The van der Waals surface area contributed by atoms with Gasteiger partial charge in [-0.15, -0.1) is 0 Å². The molecule has 0 fully saturated rings. The van der Waals surface area contributed by atoms with Crippen LogP contribution in [0, 0.1) is 29.1 Å². The van der Waals surface area contributed by atoms with Crippen LogP contribution in [0.4, 0.5) is 27.6 Å². The molecule has 1 aromatic carbocycles. The topological polar surface area (TPSA) is 112 Å². The van der Waals surface area contributed by atoms with Gasteiger partial charge in [0, 0.05) is 7.05 Å². The first kappa shape index (κ1) is 20.8. The van der Waals surface area contributed by atoms with Gasteiger partial charge in [-0.25, -0.2) is 13.2 Å². The Labute approximate surface area is 164 Å². The van der Waals surface area contributed by atoms with Crippen molar-refractivity contribution in [2.75, 3.05) is 5.32 Å². The molecule has 0 saturated heterocycles. The number of nitrogens with zero attached hydrogens (tertiary/aromatic N) is 2. The summed E-state index contributed by atoms with van der Waals surface area (Å²) in [4.78, 5) is 23.6. The van der Waals surface area contributed by atoms with Gasteiger partial charge in [0.2, 0.25) is 29.1 Å². The average molecular weight is 430 g/mol. The van der Waals surface area contributed by atoms with Gasteiger partial charge in [0.25, 0.3) is 11.8 Å². The van der Waals surface area contributed by atoms with Crippen molar-refractivity contribution in [3.8, 4) is 5.75 Å². The lowest BCUT2D eigenvalue weighted by molar-refractivity contribution is 0.0992. The summed E-state index contributed by atoms with van der Waals surface area (Å²) in [6, 6.07) is 2.34. The second-order valence-corrected chi connectivity index (χ2v) is 5.80. The number of ether oxygens (including phenoxy) is 1. The van der Waals surface area contributed by atoms with Crippen LogP contribution in [0.1, 0.15) is 26.8 Å². The number of nitrogens with one attached hydrogen (secondary N) is 1. The maximum absolute atomic E-state index is 13.6. The molecule has 3 N–H and O–H groups in total. The molecule has 30 heavy (non-hydrogen) atoms. The normalized spacial score (nSPS) is 10.9. The van der Waals surface area contributed by atoms with Crippen molar-refractivity contribution >= 4 is 17.5 Å². The molecule has 2 aromatic heterocycles. The molecule has 0 saturated carbocycles. The van der Waals surface area contributed by atoms with E-state index in [0.717, 1.165) is 10.7 Å². The first-order valence-electron chi connectivity index (χ1n) is 7.97. The molecule has 0 radical (unpaired) electrons. The second kappa shape index (κ2) is 7.85. The van der Waals surface area contributed by atoms with E-state index in [2.05, 4.69) is 15.2 Å². The molecule has 0 unspecified atom stereocenters. The number of hydrogen-bond donors (Lipinski definition) is 2. The summed E-state index contributed by atoms with van der Waals surface area (Å²) in [6.07, 6.45) is 1.17. The Hall–Kier alpha value is -3.90. The van der Waals surface area contributed by atoms with E-state index in [1.807, 2.05) is 0 Å². The van der Waals surface area contributed by atoms with Crippen molar-refractivity contribution in [1.29, 1.82) is 0 Å². The van der Waals surface area contributed by atoms with Crippen LogP contribution >= 0.6 is 0 Å². The zero-order valence-electron chi connectivity index (χ0n) is 14.9.